The fourth-order valence-corrected chi connectivity index (χ4v) is 3.70. The van der Waals surface area contributed by atoms with Gasteiger partial charge in [-0.3, -0.25) is 9.69 Å². The number of hydrogen-bond acceptors (Lipinski definition) is 5. The van der Waals surface area contributed by atoms with Gasteiger partial charge in [0.25, 0.3) is 0 Å². The predicted octanol–water partition coefficient (Wildman–Crippen LogP) is 1.92. The SMILES string of the molecule is CCN1CCN(CCCNC(=O)[C@@H]2CCCCN2C(=O)OC(C)(C)C)CC1. The van der Waals surface area contributed by atoms with Crippen molar-refractivity contribution >= 4 is 12.0 Å². The summed E-state index contributed by atoms with van der Waals surface area (Å²) in [4.78, 5) is 31.6. The molecule has 0 unspecified atom stereocenters. The zero-order valence-electron chi connectivity index (χ0n) is 17.6. The highest BCUT2D eigenvalue weighted by Crippen LogP contribution is 2.20. The highest BCUT2D eigenvalue weighted by molar-refractivity contribution is 5.85. The molecule has 27 heavy (non-hydrogen) atoms. The Labute approximate surface area is 164 Å². The molecule has 0 bridgehead atoms. The lowest BCUT2D eigenvalue weighted by molar-refractivity contribution is -0.127. The molecule has 156 valence electrons. The summed E-state index contributed by atoms with van der Waals surface area (Å²) >= 11 is 0. The largest absolute Gasteiger partial charge is 0.444 e. The third-order valence-corrected chi connectivity index (χ3v) is 5.30. The number of carbonyl (C=O) groups is 2. The smallest absolute Gasteiger partial charge is 0.410 e. The number of piperidine rings is 1. The Bertz CT molecular complexity index is 484. The van der Waals surface area contributed by atoms with Crippen LogP contribution in [0.2, 0.25) is 0 Å². The molecular formula is C20H38N4O3. The molecular weight excluding hydrogens is 344 g/mol. The summed E-state index contributed by atoms with van der Waals surface area (Å²) < 4.78 is 5.48. The molecule has 2 saturated heterocycles. The molecule has 0 radical (unpaired) electrons. The number of carbonyl (C=O) groups excluding carboxylic acids is 2. The molecule has 2 rings (SSSR count). The number of nitrogens with one attached hydrogen (secondary N) is 1. The number of rotatable bonds is 6. The maximum absolute atomic E-state index is 12.6. The Morgan fingerprint density at radius 2 is 1.70 bits per heavy atom. The minimum Gasteiger partial charge on any atom is -0.444 e. The van der Waals surface area contributed by atoms with Gasteiger partial charge in [0, 0.05) is 39.3 Å². The van der Waals surface area contributed by atoms with Gasteiger partial charge in [-0.25, -0.2) is 4.79 Å². The standard InChI is InChI=1S/C20H38N4O3/c1-5-22-13-15-23(16-14-22)11-8-10-21-18(25)17-9-6-7-12-24(17)19(26)27-20(2,3)4/h17H,5-16H2,1-4H3,(H,21,25)/t17-/m0/s1. The molecule has 0 aromatic heterocycles. The first kappa shape index (κ1) is 22.0. The summed E-state index contributed by atoms with van der Waals surface area (Å²) in [5.74, 6) is -0.0450. The molecule has 7 nitrogen and oxygen atoms in total. The summed E-state index contributed by atoms with van der Waals surface area (Å²) in [6.45, 7) is 15.6. The molecule has 1 atom stereocenters. The first-order valence-corrected chi connectivity index (χ1v) is 10.5. The van der Waals surface area contributed by atoms with Crippen LogP contribution in [0.5, 0.6) is 0 Å². The molecule has 0 aliphatic carbocycles. The van der Waals surface area contributed by atoms with Crippen molar-refractivity contribution in [3.8, 4) is 0 Å². The number of nitrogens with zero attached hydrogens (tertiary/aromatic N) is 3. The van der Waals surface area contributed by atoms with E-state index in [0.29, 0.717) is 19.5 Å². The average molecular weight is 383 g/mol. The second-order valence-electron chi connectivity index (χ2n) is 8.61. The van der Waals surface area contributed by atoms with Crippen LogP contribution in [0.3, 0.4) is 0 Å². The van der Waals surface area contributed by atoms with Gasteiger partial charge in [-0.05, 0) is 59.5 Å². The Kier molecular flexibility index (Phi) is 8.35. The van der Waals surface area contributed by atoms with Crippen LogP contribution in [0.1, 0.15) is 53.4 Å². The second kappa shape index (κ2) is 10.3. The van der Waals surface area contributed by atoms with E-state index in [9.17, 15) is 9.59 Å². The normalized spacial score (nSPS) is 22.5. The third-order valence-electron chi connectivity index (χ3n) is 5.30. The van der Waals surface area contributed by atoms with E-state index in [1.54, 1.807) is 4.90 Å². The lowest BCUT2D eigenvalue weighted by atomic mass is 10.0. The lowest BCUT2D eigenvalue weighted by Gasteiger charge is -2.36. The number of amides is 2. The Morgan fingerprint density at radius 3 is 2.33 bits per heavy atom. The van der Waals surface area contributed by atoms with Gasteiger partial charge in [-0.15, -0.1) is 0 Å². The molecule has 0 saturated carbocycles. The first-order chi connectivity index (χ1) is 12.8. The summed E-state index contributed by atoms with van der Waals surface area (Å²) in [5.41, 5.74) is -0.544. The van der Waals surface area contributed by atoms with Gasteiger partial charge in [-0.1, -0.05) is 6.92 Å². The van der Waals surface area contributed by atoms with Crippen LogP contribution in [0.4, 0.5) is 4.79 Å². The first-order valence-electron chi connectivity index (χ1n) is 10.5. The number of piperazine rings is 1. The van der Waals surface area contributed by atoms with Crippen LogP contribution >= 0.6 is 0 Å². The minimum absolute atomic E-state index is 0.0450. The number of ether oxygens (including phenoxy) is 1. The zero-order valence-corrected chi connectivity index (χ0v) is 17.6. The Morgan fingerprint density at radius 1 is 1.04 bits per heavy atom. The van der Waals surface area contributed by atoms with Crippen molar-refractivity contribution in [1.82, 2.24) is 20.0 Å². The molecule has 2 heterocycles. The maximum atomic E-state index is 12.6. The van der Waals surface area contributed by atoms with Gasteiger partial charge in [0.2, 0.25) is 5.91 Å². The number of likely N-dealkylation sites (N-methyl/N-ethyl adjacent to an activating group) is 1. The fraction of sp³-hybridized carbons (Fsp3) is 0.900. The van der Waals surface area contributed by atoms with Crippen LogP contribution < -0.4 is 5.32 Å². The van der Waals surface area contributed by atoms with Crippen molar-refractivity contribution in [1.29, 1.82) is 0 Å². The molecule has 2 amide bonds. The molecule has 0 aromatic carbocycles. The van der Waals surface area contributed by atoms with E-state index in [-0.39, 0.29) is 12.0 Å². The van der Waals surface area contributed by atoms with E-state index < -0.39 is 11.6 Å². The van der Waals surface area contributed by atoms with Crippen molar-refractivity contribution < 1.29 is 14.3 Å². The third kappa shape index (κ3) is 7.30. The molecule has 2 aliphatic heterocycles. The Hall–Kier alpha value is -1.34. The van der Waals surface area contributed by atoms with Crippen molar-refractivity contribution in [2.75, 3.05) is 52.4 Å². The van der Waals surface area contributed by atoms with Gasteiger partial charge in [0.05, 0.1) is 0 Å². The second-order valence-corrected chi connectivity index (χ2v) is 8.61. The Balaban J connectivity index is 1.72. The van der Waals surface area contributed by atoms with Crippen LogP contribution in [-0.4, -0.2) is 90.7 Å². The number of hydrogen-bond donors (Lipinski definition) is 1. The molecule has 0 aromatic rings. The van der Waals surface area contributed by atoms with Crippen molar-refractivity contribution in [2.24, 2.45) is 0 Å². The van der Waals surface area contributed by atoms with Crippen LogP contribution in [-0.2, 0) is 9.53 Å². The van der Waals surface area contributed by atoms with Gasteiger partial charge in [0.15, 0.2) is 0 Å². The maximum Gasteiger partial charge on any atom is 0.410 e. The van der Waals surface area contributed by atoms with Crippen molar-refractivity contribution in [3.05, 3.63) is 0 Å². The lowest BCUT2D eigenvalue weighted by Crippen LogP contribution is -2.53. The fourth-order valence-electron chi connectivity index (χ4n) is 3.70. The monoisotopic (exact) mass is 382 g/mol. The topological polar surface area (TPSA) is 65.1 Å². The van der Waals surface area contributed by atoms with E-state index in [1.807, 2.05) is 20.8 Å². The summed E-state index contributed by atoms with van der Waals surface area (Å²) in [6.07, 6.45) is 3.17. The van der Waals surface area contributed by atoms with E-state index in [0.717, 1.165) is 58.5 Å². The zero-order chi connectivity index (χ0) is 19.9. The van der Waals surface area contributed by atoms with Gasteiger partial charge >= 0.3 is 6.09 Å². The van der Waals surface area contributed by atoms with Gasteiger partial charge < -0.3 is 19.9 Å². The quantitative estimate of drug-likeness (QED) is 0.711. The van der Waals surface area contributed by atoms with Gasteiger partial charge in [0.1, 0.15) is 11.6 Å². The van der Waals surface area contributed by atoms with Crippen molar-refractivity contribution in [3.63, 3.8) is 0 Å². The predicted molar refractivity (Wildman–Crippen MR) is 107 cm³/mol. The van der Waals surface area contributed by atoms with E-state index in [1.165, 1.54) is 0 Å². The van der Waals surface area contributed by atoms with E-state index >= 15 is 0 Å². The van der Waals surface area contributed by atoms with Gasteiger partial charge in [-0.2, -0.15) is 0 Å². The van der Waals surface area contributed by atoms with E-state index in [2.05, 4.69) is 22.0 Å². The van der Waals surface area contributed by atoms with Crippen LogP contribution in [0.25, 0.3) is 0 Å². The highest BCUT2D eigenvalue weighted by Gasteiger charge is 2.34. The molecule has 0 spiro atoms. The van der Waals surface area contributed by atoms with Crippen LogP contribution in [0.15, 0.2) is 0 Å². The molecule has 7 heteroatoms. The average Bonchev–Trinajstić information content (AvgIpc) is 2.64. The highest BCUT2D eigenvalue weighted by atomic mass is 16.6. The van der Waals surface area contributed by atoms with Crippen LogP contribution in [0, 0.1) is 0 Å². The summed E-state index contributed by atoms with van der Waals surface area (Å²) in [6, 6.07) is -0.401. The molecule has 2 fully saturated rings. The molecule has 2 aliphatic rings. The molecule has 1 N–H and O–H groups in total. The summed E-state index contributed by atoms with van der Waals surface area (Å²) in [7, 11) is 0. The number of likely N-dealkylation sites (tertiary alicyclic amines) is 1. The van der Waals surface area contributed by atoms with Crippen molar-refractivity contribution in [2.45, 2.75) is 65.0 Å². The minimum atomic E-state index is -0.544. The summed E-state index contributed by atoms with van der Waals surface area (Å²) in [5, 5.41) is 3.03. The van der Waals surface area contributed by atoms with E-state index in [4.69, 9.17) is 4.74 Å².